The molecule has 0 bridgehead atoms. The first-order valence-corrected chi connectivity index (χ1v) is 6.96. The van der Waals surface area contributed by atoms with Gasteiger partial charge >= 0.3 is 0 Å². The fraction of sp³-hybridized carbons (Fsp3) is 0.250. The minimum atomic E-state index is 0.287. The van der Waals surface area contributed by atoms with Crippen LogP contribution in [0.15, 0.2) is 30.3 Å². The lowest BCUT2D eigenvalue weighted by molar-refractivity contribution is 1.13. The highest BCUT2D eigenvalue weighted by Gasteiger charge is 2.09. The minimum absolute atomic E-state index is 0.287. The molecule has 1 atom stereocenters. The second kappa shape index (κ2) is 6.03. The van der Waals surface area contributed by atoms with E-state index in [0.717, 1.165) is 5.75 Å². The van der Waals surface area contributed by atoms with E-state index in [1.54, 1.807) is 0 Å². The molecule has 0 saturated carbocycles. The first kappa shape index (κ1) is 10.6. The van der Waals surface area contributed by atoms with Crippen LogP contribution in [0.5, 0.6) is 0 Å². The summed E-state index contributed by atoms with van der Waals surface area (Å²) in [4.78, 5) is 0. The predicted octanol–water partition coefficient (Wildman–Crippen LogP) is 4.50. The van der Waals surface area contributed by atoms with Crippen LogP contribution in [0.2, 0.25) is 0 Å². The van der Waals surface area contributed by atoms with Crippen molar-refractivity contribution < 1.29 is 0 Å². The standard InChI is InChI=1S/C8H8Cl2S2/c9-11-6-8(12-10)7-4-2-1-3-5-7/h1-5,8H,6H2. The molecule has 1 rings (SSSR count). The number of hydrogen-bond donors (Lipinski definition) is 0. The first-order chi connectivity index (χ1) is 5.88. The third-order valence-electron chi connectivity index (χ3n) is 1.49. The van der Waals surface area contributed by atoms with E-state index in [4.69, 9.17) is 21.4 Å². The van der Waals surface area contributed by atoms with E-state index in [1.165, 1.54) is 27.5 Å². The summed E-state index contributed by atoms with van der Waals surface area (Å²) < 4.78 is 0. The number of rotatable bonds is 4. The maximum atomic E-state index is 5.73. The molecule has 1 unspecified atom stereocenters. The molecule has 0 aliphatic heterocycles. The number of benzene rings is 1. The Morgan fingerprint density at radius 2 is 1.83 bits per heavy atom. The molecule has 0 saturated heterocycles. The lowest BCUT2D eigenvalue weighted by Crippen LogP contribution is -1.93. The van der Waals surface area contributed by atoms with Crippen molar-refractivity contribution in [3.05, 3.63) is 35.9 Å². The molecule has 0 amide bonds. The quantitative estimate of drug-likeness (QED) is 0.758. The maximum Gasteiger partial charge on any atom is 0.0551 e. The normalized spacial score (nSPS) is 12.8. The maximum absolute atomic E-state index is 5.73. The molecule has 0 fully saturated rings. The van der Waals surface area contributed by atoms with Crippen molar-refractivity contribution in [3.8, 4) is 0 Å². The lowest BCUT2D eigenvalue weighted by Gasteiger charge is -2.09. The summed E-state index contributed by atoms with van der Waals surface area (Å²) in [7, 11) is 13.9. The van der Waals surface area contributed by atoms with Gasteiger partial charge in [0.05, 0.1) is 5.25 Å². The fourth-order valence-electron chi connectivity index (χ4n) is 0.898. The van der Waals surface area contributed by atoms with Crippen LogP contribution in [-0.4, -0.2) is 5.75 Å². The Bertz CT molecular complexity index is 216. The zero-order chi connectivity index (χ0) is 8.81. The average molecular weight is 239 g/mol. The van der Waals surface area contributed by atoms with Gasteiger partial charge in [-0.2, -0.15) is 0 Å². The second-order valence-electron chi connectivity index (χ2n) is 2.26. The van der Waals surface area contributed by atoms with Crippen LogP contribution in [0.4, 0.5) is 0 Å². The molecular formula is C8H8Cl2S2. The minimum Gasteiger partial charge on any atom is -0.0622 e. The Balaban J connectivity index is 2.66. The van der Waals surface area contributed by atoms with E-state index in [9.17, 15) is 0 Å². The highest BCUT2D eigenvalue weighted by Crippen LogP contribution is 2.35. The summed E-state index contributed by atoms with van der Waals surface area (Å²) in [5.74, 6) is 0.833. The fourth-order valence-corrected chi connectivity index (χ4v) is 3.25. The van der Waals surface area contributed by atoms with Gasteiger partial charge in [-0.05, 0) is 37.9 Å². The summed E-state index contributed by atoms with van der Waals surface area (Å²) in [5.41, 5.74) is 1.23. The second-order valence-corrected chi connectivity index (χ2v) is 4.75. The van der Waals surface area contributed by atoms with Gasteiger partial charge in [0.1, 0.15) is 0 Å². The van der Waals surface area contributed by atoms with Gasteiger partial charge in [0.2, 0.25) is 0 Å². The Hall–Kier alpha value is 0.500. The van der Waals surface area contributed by atoms with Crippen molar-refractivity contribution in [2.75, 3.05) is 5.75 Å². The average Bonchev–Trinajstić information content (AvgIpc) is 2.15. The van der Waals surface area contributed by atoms with Crippen molar-refractivity contribution >= 4 is 43.3 Å². The van der Waals surface area contributed by atoms with E-state index in [0.29, 0.717) is 0 Å². The van der Waals surface area contributed by atoms with Crippen LogP contribution < -0.4 is 0 Å². The first-order valence-electron chi connectivity index (χ1n) is 3.44. The lowest BCUT2D eigenvalue weighted by atomic mass is 10.2. The van der Waals surface area contributed by atoms with Gasteiger partial charge in [-0.3, -0.25) is 0 Å². The molecular weight excluding hydrogens is 231 g/mol. The van der Waals surface area contributed by atoms with E-state index in [-0.39, 0.29) is 5.25 Å². The van der Waals surface area contributed by atoms with Gasteiger partial charge in [0.15, 0.2) is 0 Å². The number of halogens is 2. The molecule has 12 heavy (non-hydrogen) atoms. The van der Waals surface area contributed by atoms with Gasteiger partial charge in [-0.1, -0.05) is 41.3 Å². The van der Waals surface area contributed by atoms with Crippen LogP contribution in [0, 0.1) is 0 Å². The van der Waals surface area contributed by atoms with Gasteiger partial charge in [-0.15, -0.1) is 0 Å². The van der Waals surface area contributed by atoms with Crippen molar-refractivity contribution in [2.45, 2.75) is 5.25 Å². The summed E-state index contributed by atoms with van der Waals surface area (Å²) >= 11 is 0. The van der Waals surface area contributed by atoms with Crippen molar-refractivity contribution in [3.63, 3.8) is 0 Å². The van der Waals surface area contributed by atoms with Crippen molar-refractivity contribution in [2.24, 2.45) is 0 Å². The third kappa shape index (κ3) is 3.09. The van der Waals surface area contributed by atoms with Crippen LogP contribution >= 0.6 is 43.3 Å². The molecule has 1 aromatic rings. The summed E-state index contributed by atoms with van der Waals surface area (Å²) in [5, 5.41) is 0.287. The molecule has 66 valence electrons. The van der Waals surface area contributed by atoms with E-state index < -0.39 is 0 Å². The highest BCUT2D eigenvalue weighted by molar-refractivity contribution is 8.24. The monoisotopic (exact) mass is 238 g/mol. The molecule has 4 heteroatoms. The Morgan fingerprint density at radius 1 is 1.17 bits per heavy atom. The molecule has 0 aliphatic carbocycles. The van der Waals surface area contributed by atoms with E-state index >= 15 is 0 Å². The molecule has 1 aromatic carbocycles. The summed E-state index contributed by atoms with van der Waals surface area (Å²) in [6.45, 7) is 0. The largest absolute Gasteiger partial charge is 0.0622 e. The molecule has 0 radical (unpaired) electrons. The van der Waals surface area contributed by atoms with Gasteiger partial charge < -0.3 is 0 Å². The molecule has 0 aromatic heterocycles. The Labute approximate surface area is 90.0 Å². The van der Waals surface area contributed by atoms with E-state index in [1.807, 2.05) is 18.2 Å². The molecule has 0 N–H and O–H groups in total. The van der Waals surface area contributed by atoms with Crippen LogP contribution in [-0.2, 0) is 0 Å². The number of hydrogen-bond acceptors (Lipinski definition) is 2. The molecule has 0 heterocycles. The van der Waals surface area contributed by atoms with Gasteiger partial charge in [0.25, 0.3) is 0 Å². The zero-order valence-corrected chi connectivity index (χ0v) is 9.39. The smallest absolute Gasteiger partial charge is 0.0551 e. The Morgan fingerprint density at radius 3 is 2.33 bits per heavy atom. The van der Waals surface area contributed by atoms with Crippen LogP contribution in [0.3, 0.4) is 0 Å². The molecule has 0 spiro atoms. The summed E-state index contributed by atoms with van der Waals surface area (Å²) in [6.07, 6.45) is 0. The van der Waals surface area contributed by atoms with Crippen molar-refractivity contribution in [1.82, 2.24) is 0 Å². The SMILES string of the molecule is ClSCC(SCl)c1ccccc1. The van der Waals surface area contributed by atoms with Crippen LogP contribution in [0.25, 0.3) is 0 Å². The highest BCUT2D eigenvalue weighted by atomic mass is 35.7. The third-order valence-corrected chi connectivity index (χ3v) is 3.84. The topological polar surface area (TPSA) is 0 Å². The van der Waals surface area contributed by atoms with Gasteiger partial charge in [0, 0.05) is 5.75 Å². The van der Waals surface area contributed by atoms with E-state index in [2.05, 4.69) is 12.1 Å². The van der Waals surface area contributed by atoms with Crippen molar-refractivity contribution in [1.29, 1.82) is 0 Å². The zero-order valence-electron chi connectivity index (χ0n) is 6.24. The van der Waals surface area contributed by atoms with Crippen LogP contribution in [0.1, 0.15) is 10.8 Å². The Kier molecular flexibility index (Phi) is 5.32. The molecule has 0 aliphatic rings. The van der Waals surface area contributed by atoms with Gasteiger partial charge in [-0.25, -0.2) is 0 Å². The summed E-state index contributed by atoms with van der Waals surface area (Å²) in [6, 6.07) is 10.1. The molecule has 0 nitrogen and oxygen atoms in total. The predicted molar refractivity (Wildman–Crippen MR) is 60.9 cm³/mol.